The van der Waals surface area contributed by atoms with Crippen LogP contribution >= 0.6 is 22.9 Å². The lowest BCUT2D eigenvalue weighted by molar-refractivity contribution is -0.392. The van der Waals surface area contributed by atoms with Crippen molar-refractivity contribution in [3.05, 3.63) is 91.9 Å². The van der Waals surface area contributed by atoms with E-state index < -0.39 is 4.92 Å². The second-order valence-electron chi connectivity index (χ2n) is 6.58. The maximum atomic E-state index is 11.3. The minimum atomic E-state index is -0.409. The zero-order valence-electron chi connectivity index (χ0n) is 16.1. The number of hydrogen-bond donors (Lipinski definition) is 0. The minimum absolute atomic E-state index is 0.0158. The van der Waals surface area contributed by atoms with Crippen LogP contribution in [0.5, 0.6) is 0 Å². The van der Waals surface area contributed by atoms with Gasteiger partial charge in [0.15, 0.2) is 10.6 Å². The van der Waals surface area contributed by atoms with Crippen molar-refractivity contribution in [1.29, 1.82) is 0 Å². The summed E-state index contributed by atoms with van der Waals surface area (Å²) in [7, 11) is 0. The summed E-state index contributed by atoms with van der Waals surface area (Å²) >= 11 is 7.57. The molecule has 4 aromatic rings. The normalized spacial score (nSPS) is 11.7. The highest BCUT2D eigenvalue weighted by atomic mass is 35.5. The van der Waals surface area contributed by atoms with Crippen LogP contribution in [0.2, 0.25) is 5.02 Å². The van der Waals surface area contributed by atoms with Crippen LogP contribution in [-0.4, -0.2) is 19.0 Å². The lowest BCUT2D eigenvalue weighted by atomic mass is 10.2. The standard InChI is InChI=1S/C21H18ClN5O2S/c1-15-23-13-20(27(28)29)25(15)11-12-26-19(16-7-9-17(22)10-8-16)14-30-21(26)24-18-5-3-2-4-6-18/h2-10,13-14H,11-12H2,1H3. The average molecular weight is 440 g/mol. The Hall–Kier alpha value is -3.23. The molecule has 0 saturated carbocycles. The summed E-state index contributed by atoms with van der Waals surface area (Å²) < 4.78 is 3.69. The summed E-state index contributed by atoms with van der Waals surface area (Å²) in [6, 6.07) is 17.3. The number of aromatic nitrogens is 3. The van der Waals surface area contributed by atoms with Crippen LogP contribution in [0.15, 0.2) is 71.2 Å². The van der Waals surface area contributed by atoms with E-state index in [2.05, 4.69) is 9.55 Å². The smallest absolute Gasteiger partial charge is 0.342 e. The molecule has 0 spiro atoms. The highest BCUT2D eigenvalue weighted by Crippen LogP contribution is 2.23. The first-order valence-corrected chi connectivity index (χ1v) is 10.5. The lowest BCUT2D eigenvalue weighted by Gasteiger charge is -2.10. The number of aryl methyl sites for hydroxylation is 1. The molecular weight excluding hydrogens is 422 g/mol. The number of rotatable bonds is 6. The monoisotopic (exact) mass is 439 g/mol. The first kappa shape index (κ1) is 20.1. The fourth-order valence-electron chi connectivity index (χ4n) is 3.18. The summed E-state index contributed by atoms with van der Waals surface area (Å²) in [5, 5.41) is 14.0. The van der Waals surface area contributed by atoms with E-state index >= 15 is 0 Å². The molecule has 0 unspecified atom stereocenters. The van der Waals surface area contributed by atoms with Crippen molar-refractivity contribution in [3.63, 3.8) is 0 Å². The molecule has 9 heteroatoms. The number of hydrogen-bond acceptors (Lipinski definition) is 5. The van der Waals surface area contributed by atoms with E-state index in [0.717, 1.165) is 21.7 Å². The van der Waals surface area contributed by atoms with Crippen LogP contribution in [0.3, 0.4) is 0 Å². The first-order valence-electron chi connectivity index (χ1n) is 9.23. The van der Waals surface area contributed by atoms with Crippen molar-refractivity contribution in [2.45, 2.75) is 20.0 Å². The molecule has 0 radical (unpaired) electrons. The summed E-state index contributed by atoms with van der Waals surface area (Å²) in [4.78, 5) is 20.6. The Morgan fingerprint density at radius 3 is 2.50 bits per heavy atom. The van der Waals surface area contributed by atoms with Crippen molar-refractivity contribution in [3.8, 4) is 11.3 Å². The van der Waals surface area contributed by atoms with Crippen molar-refractivity contribution in [1.82, 2.24) is 14.1 Å². The largest absolute Gasteiger partial charge is 0.358 e. The molecule has 0 aliphatic rings. The molecule has 0 amide bonds. The number of nitrogens with zero attached hydrogens (tertiary/aromatic N) is 5. The predicted octanol–water partition coefficient (Wildman–Crippen LogP) is 5.22. The molecule has 0 aliphatic carbocycles. The average Bonchev–Trinajstić information content (AvgIpc) is 3.31. The van der Waals surface area contributed by atoms with Gasteiger partial charge in [-0.15, -0.1) is 11.3 Å². The molecule has 2 heterocycles. The molecule has 0 N–H and O–H groups in total. The zero-order valence-corrected chi connectivity index (χ0v) is 17.7. The van der Waals surface area contributed by atoms with Gasteiger partial charge in [-0.25, -0.2) is 14.5 Å². The molecule has 4 rings (SSSR count). The van der Waals surface area contributed by atoms with Crippen LogP contribution in [0.1, 0.15) is 5.82 Å². The number of nitro groups is 1. The Morgan fingerprint density at radius 1 is 1.10 bits per heavy atom. The SMILES string of the molecule is Cc1ncc([N+](=O)[O-])n1CCn1c(-c2ccc(Cl)cc2)csc1=Nc1ccccc1. The molecule has 0 saturated heterocycles. The third-order valence-corrected chi connectivity index (χ3v) is 5.80. The first-order chi connectivity index (χ1) is 14.5. The number of para-hydroxylation sites is 1. The predicted molar refractivity (Wildman–Crippen MR) is 118 cm³/mol. The molecule has 0 fully saturated rings. The summed E-state index contributed by atoms with van der Waals surface area (Å²) in [5.74, 6) is 0.588. The highest BCUT2D eigenvalue weighted by Gasteiger charge is 2.18. The minimum Gasteiger partial charge on any atom is -0.358 e. The fraction of sp³-hybridized carbons (Fsp3) is 0.143. The van der Waals surface area contributed by atoms with Gasteiger partial charge in [0, 0.05) is 17.3 Å². The van der Waals surface area contributed by atoms with Crippen LogP contribution in [-0.2, 0) is 13.1 Å². The summed E-state index contributed by atoms with van der Waals surface area (Å²) in [6.45, 7) is 2.67. The number of halogens is 1. The van der Waals surface area contributed by atoms with Gasteiger partial charge in [-0.3, -0.25) is 0 Å². The van der Waals surface area contributed by atoms with Gasteiger partial charge in [-0.1, -0.05) is 41.9 Å². The van der Waals surface area contributed by atoms with E-state index in [1.807, 2.05) is 60.0 Å². The van der Waals surface area contributed by atoms with E-state index in [0.29, 0.717) is 23.9 Å². The third kappa shape index (κ3) is 4.19. The van der Waals surface area contributed by atoms with E-state index in [1.165, 1.54) is 17.5 Å². The maximum absolute atomic E-state index is 11.3. The Balaban J connectivity index is 1.77. The second-order valence-corrected chi connectivity index (χ2v) is 7.85. The van der Waals surface area contributed by atoms with Crippen LogP contribution < -0.4 is 4.80 Å². The van der Waals surface area contributed by atoms with Gasteiger partial charge in [0.05, 0.1) is 17.9 Å². The Kier molecular flexibility index (Phi) is 5.78. The number of benzene rings is 2. The summed E-state index contributed by atoms with van der Waals surface area (Å²) in [6.07, 6.45) is 1.29. The number of thiazole rings is 1. The Bertz CT molecular complexity index is 1240. The highest BCUT2D eigenvalue weighted by molar-refractivity contribution is 7.07. The van der Waals surface area contributed by atoms with Crippen molar-refractivity contribution in [2.75, 3.05) is 0 Å². The second kappa shape index (κ2) is 8.64. The van der Waals surface area contributed by atoms with Crippen molar-refractivity contribution < 1.29 is 4.92 Å². The van der Waals surface area contributed by atoms with Crippen LogP contribution in [0, 0.1) is 17.0 Å². The fourth-order valence-corrected chi connectivity index (χ4v) is 4.26. The van der Waals surface area contributed by atoms with Crippen LogP contribution in [0.25, 0.3) is 11.3 Å². The van der Waals surface area contributed by atoms with Gasteiger partial charge in [0.1, 0.15) is 12.7 Å². The molecule has 0 bridgehead atoms. The van der Waals surface area contributed by atoms with Gasteiger partial charge in [0.25, 0.3) is 0 Å². The van der Waals surface area contributed by atoms with E-state index in [9.17, 15) is 10.1 Å². The molecule has 2 aromatic carbocycles. The van der Waals surface area contributed by atoms with Gasteiger partial charge < -0.3 is 14.7 Å². The van der Waals surface area contributed by atoms with E-state index in [1.54, 1.807) is 11.5 Å². The summed E-state index contributed by atoms with van der Waals surface area (Å²) in [5.41, 5.74) is 2.83. The quantitative estimate of drug-likeness (QED) is 0.305. The zero-order chi connectivity index (χ0) is 21.1. The number of imidazole rings is 1. The lowest BCUT2D eigenvalue weighted by Crippen LogP contribution is -2.20. The van der Waals surface area contributed by atoms with E-state index in [4.69, 9.17) is 16.6 Å². The topological polar surface area (TPSA) is 78.2 Å². The van der Waals surface area contributed by atoms with Crippen molar-refractivity contribution >= 4 is 34.4 Å². The van der Waals surface area contributed by atoms with Gasteiger partial charge >= 0.3 is 5.82 Å². The molecule has 30 heavy (non-hydrogen) atoms. The molecule has 0 aliphatic heterocycles. The molecular formula is C21H18ClN5O2S. The van der Waals surface area contributed by atoms with Crippen LogP contribution in [0.4, 0.5) is 11.5 Å². The Morgan fingerprint density at radius 2 is 1.80 bits per heavy atom. The molecule has 0 atom stereocenters. The molecule has 2 aromatic heterocycles. The molecule has 7 nitrogen and oxygen atoms in total. The molecule has 152 valence electrons. The maximum Gasteiger partial charge on any atom is 0.342 e. The van der Waals surface area contributed by atoms with Gasteiger partial charge in [0.2, 0.25) is 0 Å². The third-order valence-electron chi connectivity index (χ3n) is 4.69. The van der Waals surface area contributed by atoms with E-state index in [-0.39, 0.29) is 5.82 Å². The Labute approximate surface area is 181 Å². The van der Waals surface area contributed by atoms with Gasteiger partial charge in [-0.05, 0) is 34.8 Å². The van der Waals surface area contributed by atoms with Gasteiger partial charge in [-0.2, -0.15) is 0 Å². The van der Waals surface area contributed by atoms with Crippen molar-refractivity contribution in [2.24, 2.45) is 4.99 Å².